The molecule has 1 aliphatic rings. The minimum absolute atomic E-state index is 0.0951. The van der Waals surface area contributed by atoms with Gasteiger partial charge in [-0.05, 0) is 29.8 Å². The number of guanidine groups is 1. The lowest BCUT2D eigenvalue weighted by Gasteiger charge is -2.31. The van der Waals surface area contributed by atoms with Crippen LogP contribution in [-0.4, -0.2) is 36.7 Å². The highest BCUT2D eigenvalue weighted by Gasteiger charge is 2.46. The van der Waals surface area contributed by atoms with Crippen molar-refractivity contribution in [2.45, 2.75) is 22.8 Å². The Morgan fingerprint density at radius 2 is 1.96 bits per heavy atom. The minimum Gasteiger partial charge on any atom is -0.369 e. The van der Waals surface area contributed by atoms with Crippen molar-refractivity contribution in [3.63, 3.8) is 0 Å². The lowest BCUT2D eigenvalue weighted by molar-refractivity contribution is 0.0735. The zero-order valence-corrected chi connectivity index (χ0v) is 15.8. The Labute approximate surface area is 165 Å². The zero-order chi connectivity index (χ0) is 20.4. The number of rotatable bonds is 4. The van der Waals surface area contributed by atoms with Gasteiger partial charge in [-0.25, -0.2) is 9.38 Å². The van der Waals surface area contributed by atoms with Gasteiger partial charge in [0.1, 0.15) is 0 Å². The summed E-state index contributed by atoms with van der Waals surface area (Å²) < 4.78 is 49.7. The zero-order valence-electron chi connectivity index (χ0n) is 14.2. The van der Waals surface area contributed by atoms with Crippen LogP contribution in [0.2, 0.25) is 0 Å². The summed E-state index contributed by atoms with van der Waals surface area (Å²) in [5.41, 5.74) is 0.872. The largest absolute Gasteiger partial charge is 0.369 e. The molecule has 0 saturated heterocycles. The van der Waals surface area contributed by atoms with Gasteiger partial charge in [-0.2, -0.15) is 13.4 Å². The fourth-order valence-corrected chi connectivity index (χ4v) is 3.04. The van der Waals surface area contributed by atoms with E-state index in [1.54, 1.807) is 30.3 Å². The van der Waals surface area contributed by atoms with Gasteiger partial charge in [0, 0.05) is 5.69 Å². The van der Waals surface area contributed by atoms with Crippen molar-refractivity contribution in [3.05, 3.63) is 60.2 Å². The molecule has 0 aliphatic carbocycles. The van der Waals surface area contributed by atoms with Crippen LogP contribution in [-0.2, 0) is 16.8 Å². The Bertz CT molecular complexity index is 1030. The Kier molecular flexibility index (Phi) is 5.64. The number of aliphatic hydroxyl groups is 1. The number of amidine groups is 1. The van der Waals surface area contributed by atoms with Crippen molar-refractivity contribution >= 4 is 39.3 Å². The first-order chi connectivity index (χ1) is 13.2. The molecule has 11 heteroatoms. The van der Waals surface area contributed by atoms with E-state index in [0.717, 1.165) is 12.1 Å². The second-order valence-corrected chi connectivity index (χ2v) is 7.74. The number of aliphatic imine (C=N–C) groups is 2. The maximum absolute atomic E-state index is 14.6. The summed E-state index contributed by atoms with van der Waals surface area (Å²) in [5.74, 6) is -0.501. The molecule has 2 unspecified atom stereocenters. The van der Waals surface area contributed by atoms with E-state index in [4.69, 9.17) is 11.6 Å². The van der Waals surface area contributed by atoms with Crippen LogP contribution in [0, 0.1) is 0 Å². The van der Waals surface area contributed by atoms with Gasteiger partial charge < -0.3 is 15.7 Å². The third-order valence-corrected chi connectivity index (χ3v) is 4.97. The van der Waals surface area contributed by atoms with Gasteiger partial charge in [0.2, 0.25) is 5.96 Å². The van der Waals surface area contributed by atoms with Crippen LogP contribution in [0.3, 0.4) is 0 Å². The molecule has 0 saturated carbocycles. The Morgan fingerprint density at radius 3 is 2.64 bits per heavy atom. The predicted octanol–water partition coefficient (Wildman–Crippen LogP) is 2.54. The molecule has 0 bridgehead atoms. The number of halogens is 3. The third kappa shape index (κ3) is 4.64. The number of hydrogen-bond acceptors (Lipinski definition) is 5. The van der Waals surface area contributed by atoms with Crippen LogP contribution in [0.25, 0.3) is 0 Å². The summed E-state index contributed by atoms with van der Waals surface area (Å²) in [6.45, 7) is -0.0951. The van der Waals surface area contributed by atoms with E-state index in [-0.39, 0.29) is 18.3 Å². The summed E-state index contributed by atoms with van der Waals surface area (Å²) in [6, 6.07) is 13.6. The number of anilines is 1. The Morgan fingerprint density at radius 1 is 1.25 bits per heavy atom. The highest BCUT2D eigenvalue weighted by Crippen LogP contribution is 2.27. The molecule has 28 heavy (non-hydrogen) atoms. The number of nitrogens with zero attached hydrogens (tertiary/aromatic N) is 2. The van der Waals surface area contributed by atoms with Gasteiger partial charge in [0.25, 0.3) is 5.13 Å². The van der Waals surface area contributed by atoms with E-state index < -0.39 is 26.5 Å². The number of benzene rings is 2. The quantitative estimate of drug-likeness (QED) is 0.513. The molecule has 2 aromatic rings. The molecule has 0 fully saturated rings. The van der Waals surface area contributed by atoms with E-state index in [1.165, 1.54) is 12.1 Å². The van der Waals surface area contributed by atoms with Crippen LogP contribution >= 0.6 is 11.6 Å². The molecular formula is C17H15ClF2N4O3S. The molecule has 1 aliphatic heterocycles. The maximum atomic E-state index is 14.6. The second-order valence-electron chi connectivity index (χ2n) is 5.85. The number of nitrogens with one attached hydrogen (secondary N) is 2. The van der Waals surface area contributed by atoms with Crippen molar-refractivity contribution in [2.75, 3.05) is 5.32 Å². The van der Waals surface area contributed by atoms with Crippen LogP contribution in [0.4, 0.5) is 14.0 Å². The third-order valence-electron chi connectivity index (χ3n) is 3.77. The summed E-state index contributed by atoms with van der Waals surface area (Å²) in [7, 11) is -4.84. The average molecular weight is 429 g/mol. The molecular weight excluding hydrogens is 414 g/mol. The first-order valence-corrected chi connectivity index (χ1v) is 9.74. The van der Waals surface area contributed by atoms with Crippen LogP contribution in [0.1, 0.15) is 5.56 Å². The Hall–Kier alpha value is -2.56. The van der Waals surface area contributed by atoms with Gasteiger partial charge in [0.05, 0.1) is 11.4 Å². The molecule has 0 amide bonds. The smallest absolute Gasteiger partial charge is 0.332 e. The molecule has 2 aromatic carbocycles. The molecule has 3 rings (SSSR count). The maximum Gasteiger partial charge on any atom is 0.332 e. The molecule has 2 atom stereocenters. The predicted molar refractivity (Wildman–Crippen MR) is 102 cm³/mol. The first-order valence-electron chi connectivity index (χ1n) is 7.98. The Balaban J connectivity index is 1.86. The van der Waals surface area contributed by atoms with E-state index >= 15 is 0 Å². The lowest BCUT2D eigenvalue weighted by atomic mass is 10.2. The van der Waals surface area contributed by atoms with Gasteiger partial charge in [0.15, 0.2) is 12.1 Å². The second kappa shape index (κ2) is 7.82. The van der Waals surface area contributed by atoms with Crippen LogP contribution in [0.15, 0.2) is 69.5 Å². The minimum atomic E-state index is -4.84. The summed E-state index contributed by atoms with van der Waals surface area (Å²) in [6.07, 6.45) is -1.84. The number of alkyl halides is 2. The fraction of sp³-hybridized carbons (Fsp3) is 0.176. The topological polar surface area (TPSA) is 103 Å². The molecule has 3 N–H and O–H groups in total. The van der Waals surface area contributed by atoms with Gasteiger partial charge in [-0.3, -0.25) is 0 Å². The highest BCUT2D eigenvalue weighted by atomic mass is 35.5. The molecule has 0 radical (unpaired) electrons. The summed E-state index contributed by atoms with van der Waals surface area (Å²) in [4.78, 5) is 7.51. The highest BCUT2D eigenvalue weighted by molar-refractivity contribution is 7.86. The van der Waals surface area contributed by atoms with Crippen LogP contribution in [0.5, 0.6) is 0 Å². The van der Waals surface area contributed by atoms with Crippen LogP contribution < -0.4 is 10.6 Å². The van der Waals surface area contributed by atoms with E-state index in [9.17, 15) is 21.8 Å². The van der Waals surface area contributed by atoms with Crippen molar-refractivity contribution in [2.24, 2.45) is 9.98 Å². The van der Waals surface area contributed by atoms with Gasteiger partial charge in [-0.15, -0.1) is 3.89 Å². The molecule has 0 aromatic heterocycles. The van der Waals surface area contributed by atoms with E-state index in [0.29, 0.717) is 11.3 Å². The number of para-hydroxylation sites is 1. The molecule has 1 heterocycles. The normalized spacial score (nSPS) is 23.8. The van der Waals surface area contributed by atoms with E-state index in [2.05, 4.69) is 20.6 Å². The standard InChI is InChI=1S/C17H15ClF2N4O3S/c18-17(19)14(22-12-6-2-1-3-7-12)23-16(24-15(17)25)21-10-11-5-4-8-13(9-11)28(20,26)27/h1-9,15,25H,10H2,(H2,21,22,23,24). The van der Waals surface area contributed by atoms with Crippen molar-refractivity contribution < 1.29 is 21.8 Å². The first kappa shape index (κ1) is 20.2. The number of hydrogen-bond donors (Lipinski definition) is 3. The van der Waals surface area contributed by atoms with Crippen molar-refractivity contribution in [3.8, 4) is 0 Å². The molecule has 148 valence electrons. The van der Waals surface area contributed by atoms with Crippen molar-refractivity contribution in [1.29, 1.82) is 0 Å². The fourth-order valence-electron chi connectivity index (χ4n) is 2.37. The average Bonchev–Trinajstić information content (AvgIpc) is 2.65. The van der Waals surface area contributed by atoms with Gasteiger partial charge in [-0.1, -0.05) is 41.9 Å². The SMILES string of the molecule is O=S(=O)(F)c1cccc(CN=C2N=C(Nc3ccccc3)C(F)(Cl)C(O)N2)c1. The van der Waals surface area contributed by atoms with Crippen molar-refractivity contribution in [1.82, 2.24) is 5.32 Å². The monoisotopic (exact) mass is 428 g/mol. The summed E-state index contributed by atoms with van der Waals surface area (Å²) in [5, 5.41) is 12.2. The van der Waals surface area contributed by atoms with E-state index in [1.807, 2.05) is 0 Å². The lowest BCUT2D eigenvalue weighted by Crippen LogP contribution is -2.57. The number of aliphatic hydroxyl groups excluding tert-OH is 1. The molecule has 7 nitrogen and oxygen atoms in total. The molecule has 0 spiro atoms. The summed E-state index contributed by atoms with van der Waals surface area (Å²) >= 11 is 5.76. The van der Waals surface area contributed by atoms with Gasteiger partial charge >= 0.3 is 10.2 Å².